The molecule has 3 rings (SSSR count). The fourth-order valence-corrected chi connectivity index (χ4v) is 4.43. The highest BCUT2D eigenvalue weighted by molar-refractivity contribution is 7.91. The van der Waals surface area contributed by atoms with Gasteiger partial charge < -0.3 is 9.32 Å². The number of hydrogen-bond donors (Lipinski definition) is 0. The Morgan fingerprint density at radius 1 is 1.23 bits per heavy atom. The lowest BCUT2D eigenvalue weighted by atomic mass is 9.99. The lowest BCUT2D eigenvalue weighted by molar-refractivity contribution is 0.405. The number of rotatable bonds is 6. The van der Waals surface area contributed by atoms with E-state index in [9.17, 15) is 12.8 Å². The standard InChI is InChI=1S/C19H25FN2O3S/c1-3-4-5-17-21-18(19(25-17)22-12-10-14(2)11-13-22)26(23,24)16-8-6-15(20)7-9-16/h6-9,14H,3-5,10-13H2,1-2H3. The second-order valence-electron chi connectivity index (χ2n) is 6.95. The van der Waals surface area contributed by atoms with E-state index >= 15 is 0 Å². The number of sulfone groups is 1. The molecule has 0 N–H and O–H groups in total. The number of anilines is 1. The number of aromatic nitrogens is 1. The molecule has 142 valence electrons. The molecule has 1 fully saturated rings. The molecule has 0 spiro atoms. The Labute approximate surface area is 154 Å². The van der Waals surface area contributed by atoms with E-state index in [1.165, 1.54) is 12.1 Å². The molecule has 0 unspecified atom stereocenters. The smallest absolute Gasteiger partial charge is 0.236 e. The van der Waals surface area contributed by atoms with Gasteiger partial charge in [-0.05, 0) is 49.4 Å². The maximum atomic E-state index is 13.2. The van der Waals surface area contributed by atoms with Crippen molar-refractivity contribution in [3.05, 3.63) is 36.0 Å². The minimum atomic E-state index is -3.87. The normalized spacial score (nSPS) is 16.2. The molecule has 0 amide bonds. The minimum absolute atomic E-state index is 0.0286. The van der Waals surface area contributed by atoms with Crippen LogP contribution >= 0.6 is 0 Å². The average molecular weight is 380 g/mol. The lowest BCUT2D eigenvalue weighted by Gasteiger charge is -2.30. The number of halogens is 1. The summed E-state index contributed by atoms with van der Waals surface area (Å²) < 4.78 is 45.3. The molecule has 1 aromatic heterocycles. The van der Waals surface area contributed by atoms with Crippen LogP contribution in [0.3, 0.4) is 0 Å². The Kier molecular flexibility index (Phi) is 5.65. The first kappa shape index (κ1) is 18.9. The number of benzene rings is 1. The van der Waals surface area contributed by atoms with E-state index in [1.807, 2.05) is 4.90 Å². The summed E-state index contributed by atoms with van der Waals surface area (Å²) in [6, 6.07) is 4.83. The number of oxazole rings is 1. The van der Waals surface area contributed by atoms with Crippen molar-refractivity contribution in [2.45, 2.75) is 55.9 Å². The summed E-state index contributed by atoms with van der Waals surface area (Å²) in [5, 5.41) is -0.0511. The van der Waals surface area contributed by atoms with E-state index < -0.39 is 15.7 Å². The zero-order valence-corrected chi connectivity index (χ0v) is 16.1. The summed E-state index contributed by atoms with van der Waals surface area (Å²) >= 11 is 0. The second-order valence-corrected chi connectivity index (χ2v) is 8.81. The molecule has 0 radical (unpaired) electrons. The third kappa shape index (κ3) is 3.92. The molecule has 0 saturated carbocycles. The molecule has 1 aliphatic rings. The summed E-state index contributed by atoms with van der Waals surface area (Å²) in [6.45, 7) is 5.75. The second kappa shape index (κ2) is 7.78. The van der Waals surface area contributed by atoms with Crippen molar-refractivity contribution in [1.82, 2.24) is 4.98 Å². The summed E-state index contributed by atoms with van der Waals surface area (Å²) in [7, 11) is -3.87. The molecular formula is C19H25FN2O3S. The molecule has 5 nitrogen and oxygen atoms in total. The fraction of sp³-hybridized carbons (Fsp3) is 0.526. The van der Waals surface area contributed by atoms with Crippen LogP contribution in [-0.4, -0.2) is 26.5 Å². The Bertz CT molecular complexity index is 838. The molecule has 7 heteroatoms. The van der Waals surface area contributed by atoms with Gasteiger partial charge >= 0.3 is 0 Å². The van der Waals surface area contributed by atoms with Crippen molar-refractivity contribution < 1.29 is 17.2 Å². The van der Waals surface area contributed by atoms with Gasteiger partial charge in [0.1, 0.15) is 5.82 Å². The molecule has 1 aromatic carbocycles. The number of nitrogens with zero attached hydrogens (tertiary/aromatic N) is 2. The molecule has 1 aliphatic heterocycles. The van der Waals surface area contributed by atoms with Gasteiger partial charge in [0.05, 0.1) is 4.90 Å². The molecular weight excluding hydrogens is 355 g/mol. The monoisotopic (exact) mass is 380 g/mol. The first-order valence-electron chi connectivity index (χ1n) is 9.17. The molecule has 1 saturated heterocycles. The zero-order chi connectivity index (χ0) is 18.7. The van der Waals surface area contributed by atoms with Crippen LogP contribution in [0.4, 0.5) is 10.3 Å². The Balaban J connectivity index is 2.00. The topological polar surface area (TPSA) is 63.4 Å². The zero-order valence-electron chi connectivity index (χ0n) is 15.2. The number of unbranched alkanes of at least 4 members (excludes halogenated alkanes) is 1. The summed E-state index contributed by atoms with van der Waals surface area (Å²) in [4.78, 5) is 6.32. The predicted molar refractivity (Wildman–Crippen MR) is 97.6 cm³/mol. The van der Waals surface area contributed by atoms with E-state index in [4.69, 9.17) is 4.42 Å². The third-order valence-corrected chi connectivity index (χ3v) is 6.48. The molecule has 2 heterocycles. The van der Waals surface area contributed by atoms with Gasteiger partial charge in [-0.1, -0.05) is 20.3 Å². The van der Waals surface area contributed by atoms with Crippen LogP contribution in [0.2, 0.25) is 0 Å². The molecule has 0 atom stereocenters. The Morgan fingerprint density at radius 3 is 2.50 bits per heavy atom. The average Bonchev–Trinajstić information content (AvgIpc) is 3.06. The van der Waals surface area contributed by atoms with Crippen molar-refractivity contribution in [2.75, 3.05) is 18.0 Å². The number of piperidine rings is 1. The molecule has 2 aromatic rings. The van der Waals surface area contributed by atoms with E-state index in [0.29, 0.717) is 24.1 Å². The van der Waals surface area contributed by atoms with Crippen LogP contribution < -0.4 is 4.90 Å². The number of aryl methyl sites for hydroxylation is 1. The van der Waals surface area contributed by atoms with Crippen LogP contribution in [0, 0.1) is 11.7 Å². The van der Waals surface area contributed by atoms with Crippen molar-refractivity contribution >= 4 is 15.7 Å². The predicted octanol–water partition coefficient (Wildman–Crippen LogP) is 4.23. The van der Waals surface area contributed by atoms with Gasteiger partial charge in [0.2, 0.25) is 20.7 Å². The summed E-state index contributed by atoms with van der Waals surface area (Å²) in [5.74, 6) is 0.914. The quantitative estimate of drug-likeness (QED) is 0.702. The SMILES string of the molecule is CCCCc1nc(S(=O)(=O)c2ccc(F)cc2)c(N2CCC(C)CC2)o1. The first-order valence-corrected chi connectivity index (χ1v) is 10.7. The highest BCUT2D eigenvalue weighted by atomic mass is 32.2. The van der Waals surface area contributed by atoms with Gasteiger partial charge in [-0.3, -0.25) is 0 Å². The van der Waals surface area contributed by atoms with Crippen LogP contribution in [0.25, 0.3) is 0 Å². The Hall–Kier alpha value is -1.89. The van der Waals surface area contributed by atoms with Gasteiger partial charge in [0.15, 0.2) is 5.89 Å². The molecule has 26 heavy (non-hydrogen) atoms. The lowest BCUT2D eigenvalue weighted by Crippen LogP contribution is -2.33. The van der Waals surface area contributed by atoms with Crippen LogP contribution in [-0.2, 0) is 16.3 Å². The van der Waals surface area contributed by atoms with E-state index in [-0.39, 0.29) is 9.92 Å². The van der Waals surface area contributed by atoms with E-state index in [2.05, 4.69) is 18.8 Å². The third-order valence-electron chi connectivity index (χ3n) is 4.82. The number of hydrogen-bond acceptors (Lipinski definition) is 5. The maximum Gasteiger partial charge on any atom is 0.236 e. The van der Waals surface area contributed by atoms with Crippen molar-refractivity contribution in [1.29, 1.82) is 0 Å². The van der Waals surface area contributed by atoms with Gasteiger partial charge in [-0.25, -0.2) is 12.8 Å². The summed E-state index contributed by atoms with van der Waals surface area (Å²) in [6.07, 6.45) is 4.43. The van der Waals surface area contributed by atoms with Crippen LogP contribution in [0.15, 0.2) is 38.6 Å². The Morgan fingerprint density at radius 2 is 1.88 bits per heavy atom. The summed E-state index contributed by atoms with van der Waals surface area (Å²) in [5.41, 5.74) is 0. The van der Waals surface area contributed by atoms with Crippen LogP contribution in [0.1, 0.15) is 45.4 Å². The molecule has 0 aliphatic carbocycles. The van der Waals surface area contributed by atoms with Crippen molar-refractivity contribution in [3.8, 4) is 0 Å². The van der Waals surface area contributed by atoms with Crippen molar-refractivity contribution in [2.24, 2.45) is 5.92 Å². The minimum Gasteiger partial charge on any atom is -0.424 e. The fourth-order valence-electron chi connectivity index (χ4n) is 3.09. The maximum absolute atomic E-state index is 13.2. The van der Waals surface area contributed by atoms with Gasteiger partial charge in [0.25, 0.3) is 0 Å². The van der Waals surface area contributed by atoms with E-state index in [0.717, 1.165) is 50.9 Å². The highest BCUT2D eigenvalue weighted by Gasteiger charge is 2.32. The van der Waals surface area contributed by atoms with Gasteiger partial charge in [-0.15, -0.1) is 0 Å². The first-order chi connectivity index (χ1) is 12.4. The van der Waals surface area contributed by atoms with Crippen LogP contribution in [0.5, 0.6) is 0 Å². The highest BCUT2D eigenvalue weighted by Crippen LogP contribution is 2.33. The van der Waals surface area contributed by atoms with Gasteiger partial charge in [-0.2, -0.15) is 4.98 Å². The molecule has 0 bridgehead atoms. The largest absolute Gasteiger partial charge is 0.424 e. The van der Waals surface area contributed by atoms with Crippen molar-refractivity contribution in [3.63, 3.8) is 0 Å². The van der Waals surface area contributed by atoms with E-state index in [1.54, 1.807) is 0 Å². The van der Waals surface area contributed by atoms with Gasteiger partial charge in [0, 0.05) is 19.5 Å².